The Morgan fingerprint density at radius 2 is 1.57 bits per heavy atom. The van der Waals surface area contributed by atoms with Gasteiger partial charge in [-0.05, 0) is 13.3 Å². The number of imidazole rings is 1. The van der Waals surface area contributed by atoms with Crippen LogP contribution in [0.5, 0.6) is 0 Å². The fraction of sp³-hybridized carbons (Fsp3) is 0.150. The minimum atomic E-state index is 0.368. The highest BCUT2D eigenvalue weighted by Crippen LogP contribution is 2.02. The van der Waals surface area contributed by atoms with E-state index >= 15 is 0 Å². The summed E-state index contributed by atoms with van der Waals surface area (Å²) in [4.78, 5) is 6.42. The molecule has 0 atom stereocenters. The summed E-state index contributed by atoms with van der Waals surface area (Å²) < 4.78 is 0. The Hall–Kier alpha value is -2.55. The lowest BCUT2D eigenvalue weighted by Gasteiger charge is -2.11. The van der Waals surface area contributed by atoms with Crippen LogP contribution >= 0.6 is 0 Å². The first-order valence-corrected chi connectivity index (χ1v) is 8.01. The van der Waals surface area contributed by atoms with Crippen LogP contribution in [0, 0.1) is 0 Å². The molecule has 3 heteroatoms. The van der Waals surface area contributed by atoms with Crippen molar-refractivity contribution in [2.45, 2.75) is 20.3 Å². The smallest absolute Gasteiger partial charge is 0.233 e. The average molecular weight is 302 g/mol. The number of aromatic amines is 1. The largest absolute Gasteiger partial charge is 0.351 e. The van der Waals surface area contributed by atoms with E-state index in [1.807, 2.05) is 0 Å². The van der Waals surface area contributed by atoms with Crippen LogP contribution in [-0.2, 0) is 0 Å². The van der Waals surface area contributed by atoms with E-state index in [0.717, 1.165) is 6.42 Å². The molecule has 0 bridgehead atoms. The van der Waals surface area contributed by atoms with E-state index in [9.17, 15) is 0 Å². The minimum Gasteiger partial charge on any atom is -0.351 e. The fourth-order valence-electron chi connectivity index (χ4n) is 2.32. The third-order valence-electron chi connectivity index (χ3n) is 3.73. The van der Waals surface area contributed by atoms with Gasteiger partial charge in [0.1, 0.15) is 0 Å². The number of allylic oxidation sites excluding steroid dienone is 1. The van der Waals surface area contributed by atoms with Crippen LogP contribution in [-0.4, -0.2) is 16.7 Å². The third kappa shape index (κ3) is 5.63. The highest BCUT2D eigenvalue weighted by Gasteiger charge is 2.15. The maximum atomic E-state index is 3.67. The summed E-state index contributed by atoms with van der Waals surface area (Å²) in [7, 11) is 0. The lowest BCUT2D eigenvalue weighted by atomic mass is 9.40. The van der Waals surface area contributed by atoms with E-state index < -0.39 is 0 Å². The van der Waals surface area contributed by atoms with Crippen LogP contribution in [0.3, 0.4) is 0 Å². The van der Waals surface area contributed by atoms with Gasteiger partial charge in [-0.2, -0.15) is 0 Å². The summed E-state index contributed by atoms with van der Waals surface area (Å²) in [5, 5.41) is 0. The zero-order valence-corrected chi connectivity index (χ0v) is 13.8. The van der Waals surface area contributed by atoms with Crippen LogP contribution in [0.1, 0.15) is 20.3 Å². The fourth-order valence-corrected chi connectivity index (χ4v) is 2.32. The van der Waals surface area contributed by atoms with Crippen molar-refractivity contribution in [3.05, 3.63) is 90.9 Å². The van der Waals surface area contributed by atoms with Crippen LogP contribution in [0.4, 0.5) is 0 Å². The van der Waals surface area contributed by atoms with Crippen molar-refractivity contribution in [2.75, 3.05) is 0 Å². The van der Waals surface area contributed by atoms with Crippen LogP contribution in [0.25, 0.3) is 0 Å². The van der Waals surface area contributed by atoms with Gasteiger partial charge in [0, 0.05) is 12.4 Å². The van der Waals surface area contributed by atoms with Gasteiger partial charge in [0.25, 0.3) is 0 Å². The Bertz CT molecular complexity index is 619. The summed E-state index contributed by atoms with van der Waals surface area (Å²) in [6, 6.07) is 21.4. The van der Waals surface area contributed by atoms with Gasteiger partial charge in [-0.15, -0.1) is 5.98 Å². The topological polar surface area (TPSA) is 28.7 Å². The predicted molar refractivity (Wildman–Crippen MR) is 101 cm³/mol. The van der Waals surface area contributed by atoms with E-state index in [-0.39, 0.29) is 0 Å². The van der Waals surface area contributed by atoms with Crippen molar-refractivity contribution in [3.63, 3.8) is 0 Å². The molecule has 2 aromatic carbocycles. The number of rotatable bonds is 4. The highest BCUT2D eigenvalue weighted by molar-refractivity contribution is 6.89. The van der Waals surface area contributed by atoms with E-state index in [2.05, 4.69) is 90.5 Å². The Labute approximate surface area is 139 Å². The molecule has 1 aromatic heterocycles. The molecule has 1 heterocycles. The second kappa shape index (κ2) is 9.47. The molecule has 0 spiro atoms. The molecule has 0 aliphatic rings. The maximum absolute atomic E-state index is 3.67. The first kappa shape index (κ1) is 16.8. The molecule has 2 nitrogen and oxygen atoms in total. The quantitative estimate of drug-likeness (QED) is 0.733. The summed E-state index contributed by atoms with van der Waals surface area (Å²) in [5.74, 6) is 2.38. The Kier molecular flexibility index (Phi) is 6.92. The molecule has 0 amide bonds. The van der Waals surface area contributed by atoms with Crippen molar-refractivity contribution >= 4 is 17.6 Å². The molecular formula is C20H23BN2. The molecule has 116 valence electrons. The molecule has 0 aliphatic carbocycles. The number of hydrogen-bond acceptors (Lipinski definition) is 1. The van der Waals surface area contributed by atoms with E-state index in [4.69, 9.17) is 0 Å². The second-order valence-electron chi connectivity index (χ2n) is 5.43. The lowest BCUT2D eigenvalue weighted by Crippen LogP contribution is -2.40. The molecule has 3 rings (SSSR count). The molecule has 0 saturated heterocycles. The van der Waals surface area contributed by atoms with Crippen LogP contribution in [0.2, 0.25) is 0 Å². The van der Waals surface area contributed by atoms with Gasteiger partial charge in [0.05, 0.1) is 6.33 Å². The average Bonchev–Trinajstić information content (AvgIpc) is 3.21. The predicted octanol–water partition coefficient (Wildman–Crippen LogP) is 3.60. The summed E-state index contributed by atoms with van der Waals surface area (Å²) in [5.41, 5.74) is 4.15. The number of nitrogens with one attached hydrogen (secondary N) is 1. The van der Waals surface area contributed by atoms with Gasteiger partial charge < -0.3 is 4.98 Å². The lowest BCUT2D eigenvalue weighted by molar-refractivity contribution is 1.10. The van der Waals surface area contributed by atoms with Gasteiger partial charge in [0.15, 0.2) is 0 Å². The number of hydrogen-bond donors (Lipinski definition) is 1. The summed E-state index contributed by atoms with van der Waals surface area (Å²) in [6.07, 6.45) is 6.19. The van der Waals surface area contributed by atoms with Crippen molar-refractivity contribution in [1.82, 2.24) is 9.97 Å². The van der Waals surface area contributed by atoms with Gasteiger partial charge in [-0.25, -0.2) is 4.98 Å². The molecule has 0 radical (unpaired) electrons. The SMILES string of the molecule is CCC(C)=CB(c1ccccc1)c1ccccc1.c1c[nH]cn1. The Morgan fingerprint density at radius 1 is 1.00 bits per heavy atom. The molecule has 23 heavy (non-hydrogen) atoms. The van der Waals surface area contributed by atoms with Crippen molar-refractivity contribution < 1.29 is 0 Å². The molecule has 1 N–H and O–H groups in total. The molecular weight excluding hydrogens is 279 g/mol. The van der Waals surface area contributed by atoms with Gasteiger partial charge >= 0.3 is 0 Å². The number of aromatic nitrogens is 2. The van der Waals surface area contributed by atoms with E-state index in [0.29, 0.717) is 6.71 Å². The van der Waals surface area contributed by atoms with Crippen molar-refractivity contribution in [3.8, 4) is 0 Å². The Balaban J connectivity index is 0.000000326. The minimum absolute atomic E-state index is 0.368. The summed E-state index contributed by atoms with van der Waals surface area (Å²) >= 11 is 0. The van der Waals surface area contributed by atoms with Gasteiger partial charge in [-0.1, -0.05) is 84.1 Å². The molecule has 0 saturated carbocycles. The van der Waals surface area contributed by atoms with Gasteiger partial charge in [0.2, 0.25) is 6.71 Å². The first-order chi connectivity index (χ1) is 11.3. The zero-order valence-electron chi connectivity index (χ0n) is 13.8. The molecule has 0 aliphatic heterocycles. The Morgan fingerprint density at radius 3 is 1.91 bits per heavy atom. The van der Waals surface area contributed by atoms with E-state index in [1.54, 1.807) is 18.7 Å². The normalized spacial score (nSPS) is 10.6. The molecule has 0 fully saturated rings. The standard InChI is InChI=1S/C17H19B.C3H4N2/c1-3-15(2)14-18(16-10-6-4-7-11-16)17-12-8-5-9-13-17;1-2-5-3-4-1/h4-14H,3H2,1-2H3;1-3H,(H,4,5). The van der Waals surface area contributed by atoms with Gasteiger partial charge in [-0.3, -0.25) is 0 Å². The number of H-pyrrole nitrogens is 1. The molecule has 0 unspecified atom stereocenters. The summed E-state index contributed by atoms with van der Waals surface area (Å²) in [6.45, 7) is 4.78. The van der Waals surface area contributed by atoms with E-state index in [1.165, 1.54) is 16.5 Å². The third-order valence-corrected chi connectivity index (χ3v) is 3.73. The first-order valence-electron chi connectivity index (χ1n) is 8.01. The second-order valence-corrected chi connectivity index (χ2v) is 5.43. The van der Waals surface area contributed by atoms with Crippen molar-refractivity contribution in [2.24, 2.45) is 0 Å². The monoisotopic (exact) mass is 302 g/mol. The maximum Gasteiger partial charge on any atom is 0.233 e. The van der Waals surface area contributed by atoms with Crippen LogP contribution < -0.4 is 10.9 Å². The highest BCUT2D eigenvalue weighted by atomic mass is 14.8. The molecule has 3 aromatic rings. The van der Waals surface area contributed by atoms with Crippen LogP contribution in [0.15, 0.2) is 90.9 Å². The van der Waals surface area contributed by atoms with Crippen molar-refractivity contribution in [1.29, 1.82) is 0 Å². The zero-order chi connectivity index (χ0) is 16.3. The number of nitrogens with zero attached hydrogens (tertiary/aromatic N) is 1. The number of benzene rings is 2.